The largest absolute Gasteiger partial charge is 0.288 e. The van der Waals surface area contributed by atoms with E-state index in [0.29, 0.717) is 15.9 Å². The van der Waals surface area contributed by atoms with Gasteiger partial charge in [-0.2, -0.15) is 0 Å². The van der Waals surface area contributed by atoms with Crippen LogP contribution in [0.4, 0.5) is 4.39 Å². The van der Waals surface area contributed by atoms with Gasteiger partial charge in [0.2, 0.25) is 0 Å². The van der Waals surface area contributed by atoms with Crippen molar-refractivity contribution in [1.82, 2.24) is 8.97 Å². The lowest BCUT2D eigenvalue weighted by Gasteiger charge is -2.13. The number of para-hydroxylation sites is 1. The second kappa shape index (κ2) is 7.31. The van der Waals surface area contributed by atoms with Gasteiger partial charge >= 0.3 is 0 Å². The molecule has 0 saturated carbocycles. The minimum absolute atomic E-state index is 0.0870. The van der Waals surface area contributed by atoms with Crippen molar-refractivity contribution in [2.45, 2.75) is 13.5 Å². The highest BCUT2D eigenvalue weighted by molar-refractivity contribution is 7.73. The lowest BCUT2D eigenvalue weighted by molar-refractivity contribution is 0.626. The second-order valence-corrected chi connectivity index (χ2v) is 8.90. The van der Waals surface area contributed by atoms with Gasteiger partial charge in [-0.3, -0.25) is 13.8 Å². The number of hydrogen-bond acceptors (Lipinski definition) is 3. The topological polar surface area (TPSA) is 26.4 Å². The average Bonchev–Trinajstić information content (AvgIpc) is 3.10. The molecule has 3 aromatic carbocycles. The summed E-state index contributed by atoms with van der Waals surface area (Å²) < 4.78 is 17.8. The fourth-order valence-electron chi connectivity index (χ4n) is 3.73. The van der Waals surface area contributed by atoms with Crippen LogP contribution in [-0.2, 0) is 6.54 Å². The van der Waals surface area contributed by atoms with Gasteiger partial charge < -0.3 is 0 Å². The van der Waals surface area contributed by atoms with Gasteiger partial charge in [0.15, 0.2) is 3.95 Å². The Morgan fingerprint density at radius 3 is 2.40 bits per heavy atom. The molecule has 0 aliphatic carbocycles. The average molecular weight is 433 g/mol. The number of aryl methyl sites for hydroxylation is 1. The molecule has 5 aromatic rings. The Balaban J connectivity index is 1.89. The van der Waals surface area contributed by atoms with Crippen LogP contribution in [0.5, 0.6) is 0 Å². The first-order valence-corrected chi connectivity index (χ1v) is 10.7. The van der Waals surface area contributed by atoms with Gasteiger partial charge in [-0.15, -0.1) is 11.3 Å². The van der Waals surface area contributed by atoms with Crippen molar-refractivity contribution in [2.24, 2.45) is 0 Å². The molecule has 2 aromatic heterocycles. The molecule has 0 saturated heterocycles. The van der Waals surface area contributed by atoms with Crippen molar-refractivity contribution in [2.75, 3.05) is 0 Å². The first kappa shape index (κ1) is 18.9. The van der Waals surface area contributed by atoms with E-state index >= 15 is 0 Å². The summed E-state index contributed by atoms with van der Waals surface area (Å²) in [5.74, 6) is -0.298. The molecule has 0 aliphatic heterocycles. The molecule has 0 amide bonds. The molecule has 0 fully saturated rings. The predicted molar refractivity (Wildman–Crippen MR) is 124 cm³/mol. The molecule has 0 bridgehead atoms. The molecule has 0 unspecified atom stereocenters. The summed E-state index contributed by atoms with van der Waals surface area (Å²) in [4.78, 5) is 14.5. The summed E-state index contributed by atoms with van der Waals surface area (Å²) in [5.41, 5.74) is 4.51. The maximum atomic E-state index is 13.5. The Morgan fingerprint density at radius 1 is 0.967 bits per heavy atom. The molecule has 5 rings (SSSR count). The Hall–Kier alpha value is -3.09. The van der Waals surface area contributed by atoms with E-state index in [1.165, 1.54) is 29.0 Å². The Bertz CT molecular complexity index is 1510. The molecule has 148 valence electrons. The Labute approximate surface area is 181 Å². The minimum Gasteiger partial charge on any atom is -0.288 e. The monoisotopic (exact) mass is 432 g/mol. The highest BCUT2D eigenvalue weighted by atomic mass is 32.1. The molecule has 6 heteroatoms. The zero-order valence-electron chi connectivity index (χ0n) is 16.1. The van der Waals surface area contributed by atoms with Crippen molar-refractivity contribution < 1.29 is 4.39 Å². The SMILES string of the molecule is Cc1ccc(-c2sc(=S)n3c4ccccc4c(=O)n(Cc4ccc(F)cc4)c23)cc1. The normalized spacial score (nSPS) is 11.4. The van der Waals surface area contributed by atoms with E-state index in [4.69, 9.17) is 12.2 Å². The standard InChI is InChI=1S/C24H17FN2OS2/c1-15-6-10-17(11-7-15)21-22-26(14-16-8-12-18(25)13-9-16)23(28)19-4-2-3-5-20(19)27(22)24(29)30-21/h2-13H,14H2,1H3. The lowest BCUT2D eigenvalue weighted by atomic mass is 10.1. The molecular weight excluding hydrogens is 415 g/mol. The van der Waals surface area contributed by atoms with E-state index in [0.717, 1.165) is 27.2 Å². The van der Waals surface area contributed by atoms with Crippen LogP contribution in [0.15, 0.2) is 77.6 Å². The Morgan fingerprint density at radius 2 is 1.67 bits per heavy atom. The van der Waals surface area contributed by atoms with Gasteiger partial charge in [-0.25, -0.2) is 4.39 Å². The summed E-state index contributed by atoms with van der Waals surface area (Å²) in [7, 11) is 0. The number of fused-ring (bicyclic) bond motifs is 3. The molecule has 30 heavy (non-hydrogen) atoms. The summed E-state index contributed by atoms with van der Waals surface area (Å²) in [6, 6.07) is 22.0. The molecule has 0 aliphatic rings. The van der Waals surface area contributed by atoms with E-state index in [9.17, 15) is 9.18 Å². The first-order valence-electron chi connectivity index (χ1n) is 9.51. The highest BCUT2D eigenvalue weighted by Gasteiger charge is 2.18. The molecule has 0 radical (unpaired) electrons. The number of halogens is 1. The molecular formula is C24H17FN2OS2. The van der Waals surface area contributed by atoms with E-state index in [1.54, 1.807) is 16.7 Å². The van der Waals surface area contributed by atoms with Gasteiger partial charge in [-0.1, -0.05) is 54.1 Å². The smallest absolute Gasteiger partial charge is 0.261 e. The number of nitrogens with zero attached hydrogens (tertiary/aromatic N) is 2. The van der Waals surface area contributed by atoms with Gasteiger partial charge in [0.1, 0.15) is 11.5 Å². The molecule has 2 heterocycles. The van der Waals surface area contributed by atoms with E-state index in [1.807, 2.05) is 35.6 Å². The highest BCUT2D eigenvalue weighted by Crippen LogP contribution is 2.33. The van der Waals surface area contributed by atoms with E-state index in [-0.39, 0.29) is 11.4 Å². The van der Waals surface area contributed by atoms with Crippen LogP contribution in [0, 0.1) is 16.7 Å². The molecule has 0 spiro atoms. The van der Waals surface area contributed by atoms with Crippen molar-refractivity contribution in [1.29, 1.82) is 0 Å². The van der Waals surface area contributed by atoms with Crippen LogP contribution < -0.4 is 5.56 Å². The molecule has 3 nitrogen and oxygen atoms in total. The van der Waals surface area contributed by atoms with Crippen molar-refractivity contribution >= 4 is 40.1 Å². The van der Waals surface area contributed by atoms with Gasteiger partial charge in [-0.05, 0) is 54.5 Å². The minimum atomic E-state index is -0.298. The van der Waals surface area contributed by atoms with Crippen LogP contribution in [-0.4, -0.2) is 8.97 Å². The van der Waals surface area contributed by atoms with Gasteiger partial charge in [0.05, 0.1) is 22.3 Å². The maximum Gasteiger partial charge on any atom is 0.261 e. The third-order valence-electron chi connectivity index (χ3n) is 5.23. The van der Waals surface area contributed by atoms with Gasteiger partial charge in [0.25, 0.3) is 5.56 Å². The van der Waals surface area contributed by atoms with Crippen LogP contribution in [0.2, 0.25) is 0 Å². The maximum absolute atomic E-state index is 13.5. The van der Waals surface area contributed by atoms with Crippen LogP contribution >= 0.6 is 23.6 Å². The van der Waals surface area contributed by atoms with Crippen LogP contribution in [0.25, 0.3) is 27.0 Å². The van der Waals surface area contributed by atoms with Crippen LogP contribution in [0.1, 0.15) is 11.1 Å². The zero-order chi connectivity index (χ0) is 20.8. The summed E-state index contributed by atoms with van der Waals surface area (Å²) in [5, 5.41) is 0.608. The summed E-state index contributed by atoms with van der Waals surface area (Å²) in [6.07, 6.45) is 0. The third kappa shape index (κ3) is 3.09. The summed E-state index contributed by atoms with van der Waals surface area (Å²) >= 11 is 7.22. The van der Waals surface area contributed by atoms with E-state index in [2.05, 4.69) is 24.3 Å². The van der Waals surface area contributed by atoms with Crippen molar-refractivity contribution in [3.8, 4) is 10.4 Å². The Kier molecular flexibility index (Phi) is 4.60. The number of benzene rings is 3. The van der Waals surface area contributed by atoms with Crippen molar-refractivity contribution in [3.63, 3.8) is 0 Å². The van der Waals surface area contributed by atoms with Crippen molar-refractivity contribution in [3.05, 3.63) is 104 Å². The lowest BCUT2D eigenvalue weighted by Crippen LogP contribution is -2.23. The first-order chi connectivity index (χ1) is 14.5. The fraction of sp³-hybridized carbons (Fsp3) is 0.0833. The number of hydrogen-bond donors (Lipinski definition) is 0. The van der Waals surface area contributed by atoms with Crippen LogP contribution in [0.3, 0.4) is 0 Å². The predicted octanol–water partition coefficient (Wildman–Crippen LogP) is 6.21. The zero-order valence-corrected chi connectivity index (χ0v) is 17.8. The second-order valence-electron chi connectivity index (χ2n) is 7.26. The van der Waals surface area contributed by atoms with Gasteiger partial charge in [0, 0.05) is 0 Å². The number of aromatic nitrogens is 2. The molecule has 0 N–H and O–H groups in total. The number of thiazole rings is 1. The quantitative estimate of drug-likeness (QED) is 0.317. The summed E-state index contributed by atoms with van der Waals surface area (Å²) in [6.45, 7) is 2.37. The number of rotatable bonds is 3. The molecule has 0 atom stereocenters. The fourth-order valence-corrected chi connectivity index (χ4v) is 5.16. The third-order valence-corrected chi connectivity index (χ3v) is 6.64. The van der Waals surface area contributed by atoms with E-state index < -0.39 is 0 Å².